The van der Waals surface area contributed by atoms with Gasteiger partial charge < -0.3 is 10.2 Å². The summed E-state index contributed by atoms with van der Waals surface area (Å²) >= 11 is 0. The maximum Gasteiger partial charge on any atom is 0.313 e. The van der Waals surface area contributed by atoms with Gasteiger partial charge in [-0.05, 0) is 55.6 Å². The second-order valence-electron chi connectivity index (χ2n) is 8.92. The molecule has 1 aliphatic carbocycles. The van der Waals surface area contributed by atoms with Crippen LogP contribution in [-0.4, -0.2) is 29.3 Å². The molecule has 1 aromatic carbocycles. The van der Waals surface area contributed by atoms with Crippen molar-refractivity contribution < 1.29 is 9.59 Å². The van der Waals surface area contributed by atoms with Crippen LogP contribution < -0.4 is 5.32 Å². The summed E-state index contributed by atoms with van der Waals surface area (Å²) in [5.41, 5.74) is 3.20. The molecule has 2 aliphatic rings. The van der Waals surface area contributed by atoms with E-state index in [1.807, 2.05) is 36.9 Å². The molecule has 0 aromatic heterocycles. The van der Waals surface area contributed by atoms with Crippen LogP contribution in [0.1, 0.15) is 51.2 Å². The van der Waals surface area contributed by atoms with E-state index in [4.69, 9.17) is 0 Å². The Morgan fingerprint density at radius 2 is 1.88 bits per heavy atom. The molecule has 0 spiro atoms. The number of rotatable bonds is 1. The molecule has 1 N–H and O–H groups in total. The average molecular weight is 328 g/mol. The summed E-state index contributed by atoms with van der Waals surface area (Å²) in [4.78, 5) is 27.0. The van der Waals surface area contributed by atoms with Crippen LogP contribution in [0.25, 0.3) is 0 Å². The van der Waals surface area contributed by atoms with Gasteiger partial charge in [0.15, 0.2) is 0 Å². The lowest BCUT2D eigenvalue weighted by Crippen LogP contribution is -2.43. The first-order valence-corrected chi connectivity index (χ1v) is 8.78. The van der Waals surface area contributed by atoms with Crippen molar-refractivity contribution in [3.8, 4) is 0 Å². The number of carbonyl (C=O) groups excluding carboxylic acids is 2. The van der Waals surface area contributed by atoms with Gasteiger partial charge >= 0.3 is 11.8 Å². The summed E-state index contributed by atoms with van der Waals surface area (Å²) < 4.78 is 0. The highest BCUT2D eigenvalue weighted by molar-refractivity contribution is 6.39. The summed E-state index contributed by atoms with van der Waals surface area (Å²) in [6.45, 7) is 11.4. The van der Waals surface area contributed by atoms with Crippen molar-refractivity contribution in [1.29, 1.82) is 0 Å². The zero-order valence-electron chi connectivity index (χ0n) is 15.4. The molecule has 2 bridgehead atoms. The van der Waals surface area contributed by atoms with Crippen LogP contribution >= 0.6 is 0 Å². The van der Waals surface area contributed by atoms with Crippen molar-refractivity contribution in [3.63, 3.8) is 0 Å². The zero-order valence-corrected chi connectivity index (χ0v) is 15.4. The van der Waals surface area contributed by atoms with Crippen molar-refractivity contribution in [2.45, 2.75) is 59.9 Å². The smallest absolute Gasteiger partial charge is 0.313 e. The van der Waals surface area contributed by atoms with Gasteiger partial charge in [0.25, 0.3) is 0 Å². The van der Waals surface area contributed by atoms with Crippen molar-refractivity contribution in [1.82, 2.24) is 4.90 Å². The molecule has 1 aromatic rings. The van der Waals surface area contributed by atoms with Gasteiger partial charge in [0.05, 0.1) is 0 Å². The topological polar surface area (TPSA) is 49.4 Å². The van der Waals surface area contributed by atoms with Gasteiger partial charge in [-0.25, -0.2) is 0 Å². The quantitative estimate of drug-likeness (QED) is 0.800. The molecule has 1 saturated carbocycles. The van der Waals surface area contributed by atoms with Crippen molar-refractivity contribution in [3.05, 3.63) is 29.3 Å². The molecular formula is C20H28N2O2. The van der Waals surface area contributed by atoms with E-state index in [0.717, 1.165) is 30.4 Å². The number of hydrogen-bond acceptors (Lipinski definition) is 2. The van der Waals surface area contributed by atoms with Gasteiger partial charge in [0.1, 0.15) is 0 Å². The SMILES string of the molecule is Cc1ccc(NC(=O)C(=O)N2CC3(C)CC2CC(C)(C)C3)c(C)c1. The molecule has 2 amide bonds. The molecule has 4 heteroatoms. The van der Waals surface area contributed by atoms with E-state index in [9.17, 15) is 9.59 Å². The third kappa shape index (κ3) is 3.19. The standard InChI is InChI=1S/C20H28N2O2/c1-13-6-7-16(14(2)8-13)21-17(23)18(24)22-12-20(5)10-15(22)9-19(3,4)11-20/h6-8,15H,9-12H2,1-5H3,(H,21,23). The van der Waals surface area contributed by atoms with Crippen LogP contribution in [0, 0.1) is 24.7 Å². The van der Waals surface area contributed by atoms with Crippen molar-refractivity contribution in [2.75, 3.05) is 11.9 Å². The Morgan fingerprint density at radius 3 is 2.54 bits per heavy atom. The lowest BCUT2D eigenvalue weighted by Gasteiger charge is -2.39. The number of nitrogens with zero attached hydrogens (tertiary/aromatic N) is 1. The van der Waals surface area contributed by atoms with E-state index in [1.54, 1.807) is 0 Å². The summed E-state index contributed by atoms with van der Waals surface area (Å²) in [6.07, 6.45) is 3.10. The molecule has 1 aliphatic heterocycles. The molecule has 1 saturated heterocycles. The molecule has 2 unspecified atom stereocenters. The normalized spacial score (nSPS) is 27.9. The van der Waals surface area contributed by atoms with E-state index in [-0.39, 0.29) is 22.8 Å². The number of anilines is 1. The fourth-order valence-corrected chi connectivity index (χ4v) is 4.96. The van der Waals surface area contributed by atoms with Gasteiger partial charge in [-0.15, -0.1) is 0 Å². The Balaban J connectivity index is 1.74. The number of benzene rings is 1. The van der Waals surface area contributed by atoms with Crippen LogP contribution in [0.3, 0.4) is 0 Å². The summed E-state index contributed by atoms with van der Waals surface area (Å²) in [5, 5.41) is 2.80. The first-order chi connectivity index (χ1) is 11.1. The first kappa shape index (κ1) is 17.0. The summed E-state index contributed by atoms with van der Waals surface area (Å²) in [6, 6.07) is 6.00. The molecule has 2 atom stereocenters. The molecule has 4 nitrogen and oxygen atoms in total. The monoisotopic (exact) mass is 328 g/mol. The van der Waals surface area contributed by atoms with E-state index < -0.39 is 5.91 Å². The van der Waals surface area contributed by atoms with E-state index in [1.165, 1.54) is 0 Å². The number of amides is 2. The molecular weight excluding hydrogens is 300 g/mol. The largest absolute Gasteiger partial charge is 0.331 e. The highest BCUT2D eigenvalue weighted by Gasteiger charge is 2.51. The Hall–Kier alpha value is -1.84. The van der Waals surface area contributed by atoms with Crippen LogP contribution in [0.2, 0.25) is 0 Å². The Bertz CT molecular complexity index is 695. The second-order valence-corrected chi connectivity index (χ2v) is 8.92. The minimum atomic E-state index is -0.518. The molecule has 1 heterocycles. The van der Waals surface area contributed by atoms with Gasteiger partial charge in [0, 0.05) is 18.3 Å². The van der Waals surface area contributed by atoms with Gasteiger partial charge in [-0.1, -0.05) is 38.5 Å². The molecule has 24 heavy (non-hydrogen) atoms. The predicted molar refractivity (Wildman–Crippen MR) is 95.8 cm³/mol. The lowest BCUT2D eigenvalue weighted by atomic mass is 9.65. The van der Waals surface area contributed by atoms with E-state index in [2.05, 4.69) is 26.1 Å². The third-order valence-electron chi connectivity index (χ3n) is 5.50. The molecule has 3 rings (SSSR count). The predicted octanol–water partition coefficient (Wildman–Crippen LogP) is 3.67. The number of likely N-dealkylation sites (tertiary alicyclic amines) is 1. The lowest BCUT2D eigenvalue weighted by molar-refractivity contribution is -0.144. The number of nitrogens with one attached hydrogen (secondary N) is 1. The minimum absolute atomic E-state index is 0.141. The fraction of sp³-hybridized carbons (Fsp3) is 0.600. The second kappa shape index (κ2) is 5.61. The van der Waals surface area contributed by atoms with Crippen molar-refractivity contribution in [2.24, 2.45) is 10.8 Å². The zero-order chi connectivity index (χ0) is 17.7. The number of carbonyl (C=O) groups is 2. The van der Waals surface area contributed by atoms with Gasteiger partial charge in [0.2, 0.25) is 0 Å². The fourth-order valence-electron chi connectivity index (χ4n) is 4.96. The average Bonchev–Trinajstić information content (AvgIpc) is 2.70. The van der Waals surface area contributed by atoms with Crippen molar-refractivity contribution >= 4 is 17.5 Å². The first-order valence-electron chi connectivity index (χ1n) is 8.78. The van der Waals surface area contributed by atoms with Crippen LogP contribution in [0.15, 0.2) is 18.2 Å². The maximum atomic E-state index is 12.7. The highest BCUT2D eigenvalue weighted by atomic mass is 16.2. The van der Waals surface area contributed by atoms with E-state index in [0.29, 0.717) is 12.2 Å². The Labute approximate surface area is 144 Å². The Morgan fingerprint density at radius 1 is 1.17 bits per heavy atom. The Kier molecular flexibility index (Phi) is 3.97. The molecule has 0 radical (unpaired) electrons. The number of aryl methyl sites for hydroxylation is 2. The highest BCUT2D eigenvalue weighted by Crippen LogP contribution is 2.52. The third-order valence-corrected chi connectivity index (χ3v) is 5.50. The molecule has 130 valence electrons. The number of fused-ring (bicyclic) bond motifs is 2. The van der Waals surface area contributed by atoms with Gasteiger partial charge in [-0.2, -0.15) is 0 Å². The minimum Gasteiger partial charge on any atom is -0.331 e. The summed E-state index contributed by atoms with van der Waals surface area (Å²) in [5.74, 6) is -0.905. The van der Waals surface area contributed by atoms with Crippen LogP contribution in [0.5, 0.6) is 0 Å². The van der Waals surface area contributed by atoms with Crippen LogP contribution in [-0.2, 0) is 9.59 Å². The van der Waals surface area contributed by atoms with E-state index >= 15 is 0 Å². The van der Waals surface area contributed by atoms with Gasteiger partial charge in [-0.3, -0.25) is 9.59 Å². The molecule has 2 fully saturated rings. The number of hydrogen-bond donors (Lipinski definition) is 1. The van der Waals surface area contributed by atoms with Crippen LogP contribution in [0.4, 0.5) is 5.69 Å². The maximum absolute atomic E-state index is 12.7. The summed E-state index contributed by atoms with van der Waals surface area (Å²) in [7, 11) is 0.